The van der Waals surface area contributed by atoms with E-state index in [1.807, 2.05) is 13.8 Å². The molecule has 0 saturated heterocycles. The Labute approximate surface area is 131 Å². The molecule has 0 radical (unpaired) electrons. The Morgan fingerprint density at radius 2 is 2.13 bits per heavy atom. The van der Waals surface area contributed by atoms with Crippen LogP contribution in [0.25, 0.3) is 23.0 Å². The van der Waals surface area contributed by atoms with Gasteiger partial charge in [-0.2, -0.15) is 4.98 Å². The zero-order chi connectivity index (χ0) is 16.4. The summed E-state index contributed by atoms with van der Waals surface area (Å²) in [4.78, 5) is 15.0. The van der Waals surface area contributed by atoms with Crippen LogP contribution in [-0.2, 0) is 0 Å². The van der Waals surface area contributed by atoms with E-state index in [1.54, 1.807) is 24.3 Å². The van der Waals surface area contributed by atoms with Crippen molar-refractivity contribution >= 4 is 11.4 Å². The van der Waals surface area contributed by atoms with Crippen LogP contribution in [0, 0.1) is 10.1 Å². The Hall–Kier alpha value is -3.16. The Bertz CT molecular complexity index is 824. The van der Waals surface area contributed by atoms with E-state index in [4.69, 9.17) is 8.94 Å². The molecule has 23 heavy (non-hydrogen) atoms. The highest BCUT2D eigenvalue weighted by Crippen LogP contribution is 2.31. The number of anilines is 1. The van der Waals surface area contributed by atoms with Crippen LogP contribution in [0.3, 0.4) is 0 Å². The maximum atomic E-state index is 11.3. The first kappa shape index (κ1) is 14.8. The van der Waals surface area contributed by atoms with Crippen molar-refractivity contribution in [3.63, 3.8) is 0 Å². The van der Waals surface area contributed by atoms with Crippen molar-refractivity contribution in [3.8, 4) is 23.0 Å². The molecular weight excluding hydrogens is 300 g/mol. The van der Waals surface area contributed by atoms with Crippen LogP contribution >= 0.6 is 0 Å². The zero-order valence-electron chi connectivity index (χ0n) is 12.5. The summed E-state index contributed by atoms with van der Waals surface area (Å²) in [5, 5.41) is 18.1. The number of nitrogens with zero attached hydrogens (tertiary/aromatic N) is 3. The molecule has 2 heterocycles. The molecule has 1 N–H and O–H groups in total. The number of hydrogen-bond donors (Lipinski definition) is 1. The van der Waals surface area contributed by atoms with E-state index >= 15 is 0 Å². The first-order chi connectivity index (χ1) is 11.0. The standard InChI is InChI=1S/C15H14N4O4/c1-9(2)16-11-6-5-10(8-12(11)19(20)21)15-17-14(18-23-15)13-4-3-7-22-13/h3-9,16H,1-2H3. The summed E-state index contributed by atoms with van der Waals surface area (Å²) in [7, 11) is 0. The number of benzene rings is 1. The number of rotatable bonds is 5. The number of hydrogen-bond acceptors (Lipinski definition) is 7. The third kappa shape index (κ3) is 3.05. The van der Waals surface area contributed by atoms with Gasteiger partial charge in [0.2, 0.25) is 5.82 Å². The lowest BCUT2D eigenvalue weighted by Crippen LogP contribution is -2.11. The predicted molar refractivity (Wildman–Crippen MR) is 82.8 cm³/mol. The van der Waals surface area contributed by atoms with Gasteiger partial charge in [-0.05, 0) is 38.1 Å². The largest absolute Gasteiger partial charge is 0.461 e. The van der Waals surface area contributed by atoms with Crippen molar-refractivity contribution in [2.45, 2.75) is 19.9 Å². The van der Waals surface area contributed by atoms with E-state index in [0.717, 1.165) is 0 Å². The molecule has 0 atom stereocenters. The Morgan fingerprint density at radius 3 is 2.78 bits per heavy atom. The highest BCUT2D eigenvalue weighted by Gasteiger charge is 2.19. The fourth-order valence-electron chi connectivity index (χ4n) is 2.10. The summed E-state index contributed by atoms with van der Waals surface area (Å²) in [6, 6.07) is 8.22. The second-order valence-electron chi connectivity index (χ2n) is 5.19. The molecule has 0 fully saturated rings. The van der Waals surface area contributed by atoms with Crippen molar-refractivity contribution in [3.05, 3.63) is 46.7 Å². The summed E-state index contributed by atoms with van der Waals surface area (Å²) in [6.45, 7) is 3.82. The summed E-state index contributed by atoms with van der Waals surface area (Å²) < 4.78 is 10.4. The minimum atomic E-state index is -0.446. The van der Waals surface area contributed by atoms with Crippen LogP contribution in [0.2, 0.25) is 0 Å². The van der Waals surface area contributed by atoms with Crippen LogP contribution in [0.1, 0.15) is 13.8 Å². The van der Waals surface area contributed by atoms with Gasteiger partial charge in [0, 0.05) is 17.7 Å². The van der Waals surface area contributed by atoms with Gasteiger partial charge in [0.1, 0.15) is 5.69 Å². The topological polar surface area (TPSA) is 107 Å². The van der Waals surface area contributed by atoms with E-state index < -0.39 is 4.92 Å². The van der Waals surface area contributed by atoms with Gasteiger partial charge < -0.3 is 14.3 Å². The molecule has 3 aromatic rings. The monoisotopic (exact) mass is 314 g/mol. The van der Waals surface area contributed by atoms with Crippen molar-refractivity contribution in [2.75, 3.05) is 5.32 Å². The highest BCUT2D eigenvalue weighted by molar-refractivity contribution is 5.70. The summed E-state index contributed by atoms with van der Waals surface area (Å²) in [5.74, 6) is 0.945. The molecule has 0 aliphatic carbocycles. The number of nitrogens with one attached hydrogen (secondary N) is 1. The molecule has 0 aliphatic rings. The first-order valence-electron chi connectivity index (χ1n) is 6.97. The molecule has 118 valence electrons. The fourth-order valence-corrected chi connectivity index (χ4v) is 2.10. The average molecular weight is 314 g/mol. The van der Waals surface area contributed by atoms with Gasteiger partial charge >= 0.3 is 0 Å². The lowest BCUT2D eigenvalue weighted by atomic mass is 10.1. The molecule has 0 bridgehead atoms. The molecular formula is C15H14N4O4. The van der Waals surface area contributed by atoms with E-state index in [2.05, 4.69) is 15.5 Å². The van der Waals surface area contributed by atoms with Crippen molar-refractivity contribution < 1.29 is 13.9 Å². The molecule has 0 spiro atoms. The second-order valence-corrected chi connectivity index (χ2v) is 5.19. The summed E-state index contributed by atoms with van der Waals surface area (Å²) in [6.07, 6.45) is 1.50. The lowest BCUT2D eigenvalue weighted by molar-refractivity contribution is -0.383. The Kier molecular flexibility index (Phi) is 3.80. The van der Waals surface area contributed by atoms with Crippen LogP contribution in [0.15, 0.2) is 45.5 Å². The molecule has 1 aromatic carbocycles. The third-order valence-electron chi connectivity index (χ3n) is 3.05. The second kappa shape index (κ2) is 5.91. The van der Waals surface area contributed by atoms with E-state index in [-0.39, 0.29) is 23.4 Å². The highest BCUT2D eigenvalue weighted by atomic mass is 16.6. The van der Waals surface area contributed by atoms with Gasteiger partial charge in [-0.25, -0.2) is 0 Å². The maximum absolute atomic E-state index is 11.3. The maximum Gasteiger partial charge on any atom is 0.293 e. The summed E-state index contributed by atoms with van der Waals surface area (Å²) >= 11 is 0. The molecule has 8 heteroatoms. The molecule has 2 aromatic heterocycles. The number of nitro groups is 1. The number of aromatic nitrogens is 2. The SMILES string of the molecule is CC(C)Nc1ccc(-c2nc(-c3ccco3)no2)cc1[N+](=O)[O-]. The lowest BCUT2D eigenvalue weighted by Gasteiger charge is -2.10. The third-order valence-corrected chi connectivity index (χ3v) is 3.05. The van der Waals surface area contributed by atoms with E-state index in [0.29, 0.717) is 17.0 Å². The van der Waals surface area contributed by atoms with Crippen LogP contribution < -0.4 is 5.32 Å². The van der Waals surface area contributed by atoms with Crippen LogP contribution in [-0.4, -0.2) is 21.1 Å². The Morgan fingerprint density at radius 1 is 1.30 bits per heavy atom. The number of furan rings is 1. The van der Waals surface area contributed by atoms with Gasteiger partial charge in [-0.3, -0.25) is 10.1 Å². The number of nitro benzene ring substituents is 1. The average Bonchev–Trinajstić information content (AvgIpc) is 3.18. The minimum Gasteiger partial charge on any atom is -0.461 e. The first-order valence-corrected chi connectivity index (χ1v) is 6.97. The Balaban J connectivity index is 1.97. The normalized spacial score (nSPS) is 10.9. The molecule has 0 unspecified atom stereocenters. The summed E-state index contributed by atoms with van der Waals surface area (Å²) in [5.41, 5.74) is 0.866. The van der Waals surface area contributed by atoms with Gasteiger partial charge in [0.15, 0.2) is 5.76 Å². The smallest absolute Gasteiger partial charge is 0.293 e. The zero-order valence-corrected chi connectivity index (χ0v) is 12.5. The van der Waals surface area contributed by atoms with Crippen molar-refractivity contribution in [1.29, 1.82) is 0 Å². The molecule has 0 saturated carbocycles. The fraction of sp³-hybridized carbons (Fsp3) is 0.200. The molecule has 0 aliphatic heterocycles. The molecule has 3 rings (SSSR count). The van der Waals surface area contributed by atoms with Gasteiger partial charge in [-0.15, -0.1) is 0 Å². The van der Waals surface area contributed by atoms with E-state index in [9.17, 15) is 10.1 Å². The quantitative estimate of drug-likeness (QED) is 0.564. The minimum absolute atomic E-state index is 0.0473. The van der Waals surface area contributed by atoms with Crippen molar-refractivity contribution in [2.24, 2.45) is 0 Å². The van der Waals surface area contributed by atoms with Crippen LogP contribution in [0.5, 0.6) is 0 Å². The molecule has 8 nitrogen and oxygen atoms in total. The van der Waals surface area contributed by atoms with Crippen molar-refractivity contribution in [1.82, 2.24) is 10.1 Å². The van der Waals surface area contributed by atoms with Crippen LogP contribution in [0.4, 0.5) is 11.4 Å². The van der Waals surface area contributed by atoms with Gasteiger partial charge in [0.25, 0.3) is 11.6 Å². The molecule has 0 amide bonds. The van der Waals surface area contributed by atoms with Gasteiger partial charge in [-0.1, -0.05) is 5.16 Å². The predicted octanol–water partition coefficient (Wildman–Crippen LogP) is 3.73. The van der Waals surface area contributed by atoms with Gasteiger partial charge in [0.05, 0.1) is 11.2 Å². The van der Waals surface area contributed by atoms with E-state index in [1.165, 1.54) is 12.3 Å².